The number of methoxy groups -OCH3 is 1. The van der Waals surface area contributed by atoms with Gasteiger partial charge in [-0.1, -0.05) is 42.5 Å². The van der Waals surface area contributed by atoms with E-state index in [2.05, 4.69) is 15.2 Å². The Balaban J connectivity index is 1.80. The minimum absolute atomic E-state index is 0.723. The molecule has 0 aromatic heterocycles. The van der Waals surface area contributed by atoms with Gasteiger partial charge in [-0.2, -0.15) is 5.11 Å². The molecule has 24 heavy (non-hydrogen) atoms. The van der Waals surface area contributed by atoms with Gasteiger partial charge in [-0.15, -0.1) is 5.11 Å². The number of hydrogen-bond donors (Lipinski definition) is 0. The molecule has 0 aliphatic carbocycles. The predicted molar refractivity (Wildman–Crippen MR) is 97.3 cm³/mol. The highest BCUT2D eigenvalue weighted by Gasteiger charge is 1.99. The lowest BCUT2D eigenvalue weighted by Crippen LogP contribution is -1.79. The van der Waals surface area contributed by atoms with Crippen molar-refractivity contribution in [2.75, 3.05) is 7.11 Å². The largest absolute Gasteiger partial charge is 0.497 e. The molecule has 0 saturated heterocycles. The summed E-state index contributed by atoms with van der Waals surface area (Å²) in [6, 6.07) is 25.1. The molecule has 0 bridgehead atoms. The first-order chi connectivity index (χ1) is 11.8. The van der Waals surface area contributed by atoms with Gasteiger partial charge >= 0.3 is 0 Å². The molecule has 118 valence electrons. The monoisotopic (exact) mass is 315 g/mol. The molecule has 3 aromatic carbocycles. The van der Waals surface area contributed by atoms with Crippen molar-refractivity contribution in [1.29, 1.82) is 0 Å². The van der Waals surface area contributed by atoms with E-state index in [1.165, 1.54) is 0 Å². The van der Waals surface area contributed by atoms with Crippen molar-refractivity contribution in [3.05, 3.63) is 84.4 Å². The van der Waals surface area contributed by atoms with Crippen molar-refractivity contribution in [1.82, 2.24) is 0 Å². The standard InChI is InChI=1S/C20H17N3O/c1-24-18-13-11-17(12-14-18)22-23-20-10-6-5-9-19(20)21-15-16-7-3-2-4-8-16/h2-15H,1H3. The number of aliphatic imine (C=N–C) groups is 1. The fourth-order valence-electron chi connectivity index (χ4n) is 2.10. The van der Waals surface area contributed by atoms with Crippen molar-refractivity contribution in [3.8, 4) is 5.75 Å². The van der Waals surface area contributed by atoms with Crippen LogP contribution in [0.4, 0.5) is 17.1 Å². The number of ether oxygens (including phenoxy) is 1. The summed E-state index contributed by atoms with van der Waals surface area (Å²) in [5.74, 6) is 0.793. The molecule has 0 spiro atoms. The molecular weight excluding hydrogens is 298 g/mol. The van der Waals surface area contributed by atoms with E-state index in [0.717, 1.165) is 28.4 Å². The molecule has 0 amide bonds. The van der Waals surface area contributed by atoms with Crippen LogP contribution in [0.2, 0.25) is 0 Å². The van der Waals surface area contributed by atoms with Gasteiger partial charge < -0.3 is 4.74 Å². The lowest BCUT2D eigenvalue weighted by atomic mass is 10.2. The second-order valence-electron chi connectivity index (χ2n) is 5.06. The molecule has 0 atom stereocenters. The fourth-order valence-corrected chi connectivity index (χ4v) is 2.10. The highest BCUT2D eigenvalue weighted by molar-refractivity contribution is 5.83. The van der Waals surface area contributed by atoms with E-state index in [-0.39, 0.29) is 0 Å². The van der Waals surface area contributed by atoms with Crippen LogP contribution < -0.4 is 4.74 Å². The summed E-state index contributed by atoms with van der Waals surface area (Å²) in [5.41, 5.74) is 3.30. The molecule has 0 aliphatic heterocycles. The Kier molecular flexibility index (Phi) is 5.10. The number of rotatable bonds is 5. The number of hydrogen-bond acceptors (Lipinski definition) is 4. The van der Waals surface area contributed by atoms with Crippen LogP contribution in [0.25, 0.3) is 0 Å². The highest BCUT2D eigenvalue weighted by atomic mass is 16.5. The molecular formula is C20H17N3O. The molecule has 0 saturated carbocycles. The quantitative estimate of drug-likeness (QED) is 0.429. The van der Waals surface area contributed by atoms with E-state index in [1.54, 1.807) is 7.11 Å². The van der Waals surface area contributed by atoms with Gasteiger partial charge in [0.25, 0.3) is 0 Å². The van der Waals surface area contributed by atoms with Crippen LogP contribution in [-0.4, -0.2) is 13.3 Å². The molecule has 3 rings (SSSR count). The maximum atomic E-state index is 5.13. The van der Waals surface area contributed by atoms with Crippen molar-refractivity contribution >= 4 is 23.3 Å². The minimum atomic E-state index is 0.723. The van der Waals surface area contributed by atoms with Crippen LogP contribution in [-0.2, 0) is 0 Å². The molecule has 4 nitrogen and oxygen atoms in total. The Bertz CT molecular complexity index is 840. The maximum absolute atomic E-state index is 5.13. The normalized spacial score (nSPS) is 11.2. The molecule has 4 heteroatoms. The van der Waals surface area contributed by atoms with E-state index in [9.17, 15) is 0 Å². The average molecular weight is 315 g/mol. The zero-order valence-corrected chi connectivity index (χ0v) is 13.3. The predicted octanol–water partition coefficient (Wildman–Crippen LogP) is 5.86. The van der Waals surface area contributed by atoms with Gasteiger partial charge in [0, 0.05) is 6.21 Å². The zero-order chi connectivity index (χ0) is 16.6. The van der Waals surface area contributed by atoms with Crippen LogP contribution in [0.15, 0.2) is 94.1 Å². The summed E-state index contributed by atoms with van der Waals surface area (Å²) in [4.78, 5) is 4.52. The second-order valence-corrected chi connectivity index (χ2v) is 5.06. The minimum Gasteiger partial charge on any atom is -0.497 e. The molecule has 0 aliphatic rings. The van der Waals surface area contributed by atoms with Gasteiger partial charge in [-0.3, -0.25) is 4.99 Å². The second kappa shape index (κ2) is 7.83. The van der Waals surface area contributed by atoms with E-state index in [4.69, 9.17) is 4.74 Å². The third-order valence-electron chi connectivity index (χ3n) is 3.38. The topological polar surface area (TPSA) is 46.3 Å². The molecule has 0 heterocycles. The number of para-hydroxylation sites is 1. The first-order valence-electron chi connectivity index (χ1n) is 7.59. The Hall–Kier alpha value is -3.27. The molecule has 0 unspecified atom stereocenters. The first kappa shape index (κ1) is 15.6. The Morgan fingerprint density at radius 1 is 0.708 bits per heavy atom. The summed E-state index contributed by atoms with van der Waals surface area (Å²) in [7, 11) is 1.64. The van der Waals surface area contributed by atoms with E-state index in [0.29, 0.717) is 0 Å². The van der Waals surface area contributed by atoms with Gasteiger partial charge in [0.1, 0.15) is 11.4 Å². The Morgan fingerprint density at radius 3 is 2.08 bits per heavy atom. The smallest absolute Gasteiger partial charge is 0.119 e. The molecule has 0 fully saturated rings. The number of nitrogens with zero attached hydrogens (tertiary/aromatic N) is 3. The van der Waals surface area contributed by atoms with E-state index >= 15 is 0 Å². The molecule has 0 radical (unpaired) electrons. The Morgan fingerprint density at radius 2 is 1.38 bits per heavy atom. The SMILES string of the molecule is COc1ccc(N=Nc2ccccc2N=Cc2ccccc2)cc1. The number of azo groups is 1. The zero-order valence-electron chi connectivity index (χ0n) is 13.3. The van der Waals surface area contributed by atoms with Gasteiger partial charge in [0.15, 0.2) is 0 Å². The van der Waals surface area contributed by atoms with E-state index in [1.807, 2.05) is 85.1 Å². The van der Waals surface area contributed by atoms with Crippen molar-refractivity contribution in [2.45, 2.75) is 0 Å². The maximum Gasteiger partial charge on any atom is 0.119 e. The highest BCUT2D eigenvalue weighted by Crippen LogP contribution is 2.29. The van der Waals surface area contributed by atoms with Crippen molar-refractivity contribution in [2.24, 2.45) is 15.2 Å². The van der Waals surface area contributed by atoms with Crippen molar-refractivity contribution in [3.63, 3.8) is 0 Å². The summed E-state index contributed by atoms with van der Waals surface area (Å²) >= 11 is 0. The lowest BCUT2D eigenvalue weighted by molar-refractivity contribution is 0.415. The molecule has 0 N–H and O–H groups in total. The average Bonchev–Trinajstić information content (AvgIpc) is 2.66. The summed E-state index contributed by atoms with van der Waals surface area (Å²) in [6.07, 6.45) is 1.82. The lowest BCUT2D eigenvalue weighted by Gasteiger charge is -2.00. The number of benzene rings is 3. The van der Waals surface area contributed by atoms with Crippen LogP contribution in [0.5, 0.6) is 5.75 Å². The van der Waals surface area contributed by atoms with Gasteiger partial charge in [-0.25, -0.2) is 0 Å². The third kappa shape index (κ3) is 4.14. The summed E-state index contributed by atoms with van der Waals surface area (Å²) in [5, 5.41) is 8.58. The molecule has 3 aromatic rings. The van der Waals surface area contributed by atoms with Gasteiger partial charge in [0.05, 0.1) is 18.5 Å². The summed E-state index contributed by atoms with van der Waals surface area (Å²) in [6.45, 7) is 0. The van der Waals surface area contributed by atoms with Crippen LogP contribution in [0.1, 0.15) is 5.56 Å². The van der Waals surface area contributed by atoms with E-state index < -0.39 is 0 Å². The van der Waals surface area contributed by atoms with Crippen LogP contribution >= 0.6 is 0 Å². The van der Waals surface area contributed by atoms with Crippen molar-refractivity contribution < 1.29 is 4.74 Å². The third-order valence-corrected chi connectivity index (χ3v) is 3.38. The van der Waals surface area contributed by atoms with Gasteiger partial charge in [0.2, 0.25) is 0 Å². The first-order valence-corrected chi connectivity index (χ1v) is 7.59. The fraction of sp³-hybridized carbons (Fsp3) is 0.0500. The van der Waals surface area contributed by atoms with Crippen LogP contribution in [0, 0.1) is 0 Å². The van der Waals surface area contributed by atoms with Gasteiger partial charge in [-0.05, 0) is 42.0 Å². The Labute approximate surface area is 141 Å². The summed E-state index contributed by atoms with van der Waals surface area (Å²) < 4.78 is 5.13. The van der Waals surface area contributed by atoms with Crippen LogP contribution in [0.3, 0.4) is 0 Å².